The van der Waals surface area contributed by atoms with Gasteiger partial charge in [-0.05, 0) is 32.5 Å². The van der Waals surface area contributed by atoms with Crippen LogP contribution in [-0.4, -0.2) is 45.1 Å². The van der Waals surface area contributed by atoms with Crippen molar-refractivity contribution in [1.82, 2.24) is 0 Å². The minimum Gasteiger partial charge on any atom is -0.418 e. The second-order valence-electron chi connectivity index (χ2n) is 4.71. The molecule has 0 aromatic rings. The van der Waals surface area contributed by atoms with Gasteiger partial charge in [-0.2, -0.15) is 0 Å². The molecule has 0 aliphatic rings. The van der Waals surface area contributed by atoms with Gasteiger partial charge in [0.2, 0.25) is 0 Å². The highest BCUT2D eigenvalue weighted by Crippen LogP contribution is 2.16. The number of hydrogen-bond donors (Lipinski definition) is 0. The molecule has 6 heteroatoms. The van der Waals surface area contributed by atoms with Gasteiger partial charge in [0.05, 0.1) is 0 Å². The molecule has 0 atom stereocenters. The molecule has 0 aromatic carbocycles. The molecule has 16 heavy (non-hydrogen) atoms. The van der Waals surface area contributed by atoms with Crippen LogP contribution in [0.5, 0.6) is 0 Å². The van der Waals surface area contributed by atoms with Gasteiger partial charge >= 0.3 is 8.80 Å². The second kappa shape index (κ2) is 7.57. The molecule has 98 valence electrons. The highest BCUT2D eigenvalue weighted by molar-refractivity contribution is 6.69. The molecule has 0 amide bonds. The molecule has 0 bridgehead atoms. The van der Waals surface area contributed by atoms with E-state index in [1.807, 2.05) is 0 Å². The molecule has 0 unspecified atom stereocenters. The third-order valence-electron chi connectivity index (χ3n) is 2.35. The zero-order valence-corrected chi connectivity index (χ0v) is 13.5. The third-order valence-corrected chi connectivity index (χ3v) is 6.25. The molecule has 0 spiro atoms. The first-order chi connectivity index (χ1) is 7.39. The Morgan fingerprint density at radius 2 is 1.31 bits per heavy atom. The highest BCUT2D eigenvalue weighted by Gasteiger charge is 2.36. The predicted molar refractivity (Wildman–Crippen MR) is 70.1 cm³/mol. The molecule has 0 fully saturated rings. The third kappa shape index (κ3) is 6.77. The minimum absolute atomic E-state index is 0.831. The van der Waals surface area contributed by atoms with Crippen LogP contribution in [0.25, 0.3) is 0 Å². The van der Waals surface area contributed by atoms with Crippen molar-refractivity contribution in [1.29, 1.82) is 0 Å². The molecular weight excluding hydrogens is 240 g/mol. The SMILES string of the molecule is CO[Si](CCCCO[Si](C)(C)C)(OC)OC. The molecule has 0 radical (unpaired) electrons. The van der Waals surface area contributed by atoms with Gasteiger partial charge in [-0.15, -0.1) is 0 Å². The molecule has 0 rings (SSSR count). The standard InChI is InChI=1S/C10H26O4Si2/c1-11-16(12-2,13-3)10-8-7-9-14-15(4,5)6/h7-10H2,1-6H3. The summed E-state index contributed by atoms with van der Waals surface area (Å²) >= 11 is 0. The molecule has 0 saturated heterocycles. The topological polar surface area (TPSA) is 36.9 Å². The molecule has 4 nitrogen and oxygen atoms in total. The Morgan fingerprint density at radius 1 is 0.812 bits per heavy atom. The first kappa shape index (κ1) is 16.3. The van der Waals surface area contributed by atoms with E-state index in [9.17, 15) is 0 Å². The van der Waals surface area contributed by atoms with Crippen LogP contribution < -0.4 is 0 Å². The lowest BCUT2D eigenvalue weighted by molar-refractivity contribution is 0.122. The Bertz CT molecular complexity index is 170. The van der Waals surface area contributed by atoms with E-state index in [1.165, 1.54) is 0 Å². The van der Waals surface area contributed by atoms with Crippen LogP contribution in [0.1, 0.15) is 12.8 Å². The number of rotatable bonds is 9. The van der Waals surface area contributed by atoms with Gasteiger partial charge in [-0.25, -0.2) is 0 Å². The summed E-state index contributed by atoms with van der Waals surface area (Å²) in [6, 6.07) is 0.853. The van der Waals surface area contributed by atoms with Crippen LogP contribution in [-0.2, 0) is 17.7 Å². The van der Waals surface area contributed by atoms with Crippen molar-refractivity contribution in [3.05, 3.63) is 0 Å². The summed E-state index contributed by atoms with van der Waals surface area (Å²) in [6.45, 7) is 7.43. The van der Waals surface area contributed by atoms with Crippen LogP contribution in [0, 0.1) is 0 Å². The van der Waals surface area contributed by atoms with Gasteiger partial charge in [0.25, 0.3) is 0 Å². The monoisotopic (exact) mass is 266 g/mol. The summed E-state index contributed by atoms with van der Waals surface area (Å²) < 4.78 is 21.8. The highest BCUT2D eigenvalue weighted by atomic mass is 28.4. The van der Waals surface area contributed by atoms with E-state index in [4.69, 9.17) is 17.7 Å². The Labute approximate surface area is 102 Å². The maximum Gasteiger partial charge on any atom is 0.500 e. The molecule has 0 heterocycles. The van der Waals surface area contributed by atoms with Crippen LogP contribution in [0.2, 0.25) is 25.7 Å². The molecule has 0 aromatic heterocycles. The van der Waals surface area contributed by atoms with Crippen molar-refractivity contribution in [2.45, 2.75) is 38.5 Å². The summed E-state index contributed by atoms with van der Waals surface area (Å²) in [5, 5.41) is 0. The molecular formula is C10H26O4Si2. The smallest absolute Gasteiger partial charge is 0.418 e. The van der Waals surface area contributed by atoms with Crippen LogP contribution in [0.4, 0.5) is 0 Å². The molecule has 0 aliphatic heterocycles. The van der Waals surface area contributed by atoms with E-state index < -0.39 is 17.1 Å². The van der Waals surface area contributed by atoms with E-state index in [0.717, 1.165) is 25.5 Å². The Kier molecular flexibility index (Phi) is 7.70. The van der Waals surface area contributed by atoms with Crippen molar-refractivity contribution in [3.63, 3.8) is 0 Å². The quantitative estimate of drug-likeness (QED) is 0.475. The maximum absolute atomic E-state index is 5.78. The van der Waals surface area contributed by atoms with Gasteiger partial charge < -0.3 is 17.7 Å². The fourth-order valence-corrected chi connectivity index (χ4v) is 3.93. The first-order valence-corrected chi connectivity index (χ1v) is 11.0. The average molecular weight is 266 g/mol. The summed E-state index contributed by atoms with van der Waals surface area (Å²) in [5.74, 6) is 0. The summed E-state index contributed by atoms with van der Waals surface area (Å²) in [5.41, 5.74) is 0. The molecule has 0 aliphatic carbocycles. The van der Waals surface area contributed by atoms with Crippen molar-refractivity contribution in [2.75, 3.05) is 27.9 Å². The number of hydrogen-bond acceptors (Lipinski definition) is 4. The summed E-state index contributed by atoms with van der Waals surface area (Å²) in [7, 11) is 1.23. The zero-order chi connectivity index (χ0) is 12.7. The summed E-state index contributed by atoms with van der Waals surface area (Å²) in [6.07, 6.45) is 2.06. The molecule has 0 saturated carbocycles. The van der Waals surface area contributed by atoms with Crippen LogP contribution in [0.15, 0.2) is 0 Å². The van der Waals surface area contributed by atoms with Crippen molar-refractivity contribution in [2.24, 2.45) is 0 Å². The number of unbranched alkanes of at least 4 members (excludes halogenated alkanes) is 1. The van der Waals surface area contributed by atoms with Crippen molar-refractivity contribution >= 4 is 17.1 Å². The lowest BCUT2D eigenvalue weighted by Gasteiger charge is -2.24. The fraction of sp³-hybridized carbons (Fsp3) is 1.00. The van der Waals surface area contributed by atoms with Crippen molar-refractivity contribution in [3.8, 4) is 0 Å². The Morgan fingerprint density at radius 3 is 1.69 bits per heavy atom. The van der Waals surface area contributed by atoms with Gasteiger partial charge in [-0.3, -0.25) is 0 Å². The first-order valence-electron chi connectivity index (χ1n) is 5.68. The summed E-state index contributed by atoms with van der Waals surface area (Å²) in [4.78, 5) is 0. The maximum atomic E-state index is 5.78. The lowest BCUT2D eigenvalue weighted by Crippen LogP contribution is -2.42. The van der Waals surface area contributed by atoms with Gasteiger partial charge in [-0.1, -0.05) is 0 Å². The van der Waals surface area contributed by atoms with E-state index in [-0.39, 0.29) is 0 Å². The fourth-order valence-electron chi connectivity index (χ4n) is 1.38. The van der Waals surface area contributed by atoms with E-state index in [0.29, 0.717) is 0 Å². The van der Waals surface area contributed by atoms with Crippen molar-refractivity contribution < 1.29 is 17.7 Å². The predicted octanol–water partition coefficient (Wildman–Crippen LogP) is 2.50. The van der Waals surface area contributed by atoms with E-state index in [1.54, 1.807) is 21.3 Å². The van der Waals surface area contributed by atoms with Gasteiger partial charge in [0.15, 0.2) is 8.32 Å². The Balaban J connectivity index is 3.71. The Hall–Kier alpha value is 0.274. The van der Waals surface area contributed by atoms with E-state index >= 15 is 0 Å². The second-order valence-corrected chi connectivity index (χ2v) is 12.3. The molecule has 0 N–H and O–H groups in total. The average Bonchev–Trinajstić information content (AvgIpc) is 2.23. The minimum atomic E-state index is -2.36. The van der Waals surface area contributed by atoms with Gasteiger partial charge in [0, 0.05) is 34.0 Å². The normalized spacial score (nSPS) is 13.1. The van der Waals surface area contributed by atoms with Crippen LogP contribution in [0.3, 0.4) is 0 Å². The van der Waals surface area contributed by atoms with Crippen LogP contribution >= 0.6 is 0 Å². The largest absolute Gasteiger partial charge is 0.500 e. The lowest BCUT2D eigenvalue weighted by atomic mass is 10.4. The van der Waals surface area contributed by atoms with Gasteiger partial charge in [0.1, 0.15) is 0 Å². The zero-order valence-electron chi connectivity index (χ0n) is 11.5. The van der Waals surface area contributed by atoms with E-state index in [2.05, 4.69) is 19.6 Å².